The fourth-order valence-corrected chi connectivity index (χ4v) is 4.77. The van der Waals surface area contributed by atoms with Gasteiger partial charge in [-0.2, -0.15) is 13.2 Å². The van der Waals surface area contributed by atoms with Crippen molar-refractivity contribution < 1.29 is 27.2 Å². The summed E-state index contributed by atoms with van der Waals surface area (Å²) in [7, 11) is 4.90. The third-order valence-corrected chi connectivity index (χ3v) is 7.54. The minimum Gasteiger partial charge on any atom is -0.352 e. The van der Waals surface area contributed by atoms with Gasteiger partial charge in [-0.1, -0.05) is 18.7 Å². The highest BCUT2D eigenvalue weighted by molar-refractivity contribution is 6.09. The number of ketones is 1. The van der Waals surface area contributed by atoms with Gasteiger partial charge in [-0.25, -0.2) is 9.37 Å². The normalized spacial score (nSPS) is 12.0. The van der Waals surface area contributed by atoms with Crippen LogP contribution in [0.1, 0.15) is 49.9 Å². The second-order valence-electron chi connectivity index (χ2n) is 11.0. The van der Waals surface area contributed by atoms with Crippen molar-refractivity contribution in [2.75, 3.05) is 26.5 Å². The Morgan fingerprint density at radius 2 is 1.72 bits per heavy atom. The van der Waals surface area contributed by atoms with Crippen molar-refractivity contribution in [2.24, 2.45) is 0 Å². The van der Waals surface area contributed by atoms with E-state index in [1.54, 1.807) is 46.3 Å². The average Bonchev–Trinajstić information content (AvgIpc) is 3.02. The lowest BCUT2D eigenvalue weighted by molar-refractivity contribution is -0.137. The number of likely N-dealkylation sites (N-methyl/N-ethyl adjacent to an activating group) is 1. The maximum absolute atomic E-state index is 14.1. The van der Waals surface area contributed by atoms with Crippen LogP contribution in [0.25, 0.3) is 11.4 Å². The first-order valence-electron chi connectivity index (χ1n) is 14.2. The Bertz CT molecular complexity index is 1860. The summed E-state index contributed by atoms with van der Waals surface area (Å²) in [4.78, 5) is 46.0. The van der Waals surface area contributed by atoms with Crippen LogP contribution >= 0.6 is 0 Å². The van der Waals surface area contributed by atoms with Gasteiger partial charge in [0, 0.05) is 48.1 Å². The van der Waals surface area contributed by atoms with Gasteiger partial charge in [0.05, 0.1) is 18.3 Å². The fourth-order valence-electron chi connectivity index (χ4n) is 4.77. The van der Waals surface area contributed by atoms with Crippen molar-refractivity contribution in [2.45, 2.75) is 32.6 Å². The third kappa shape index (κ3) is 7.23. The molecule has 3 aromatic carbocycles. The zero-order valence-corrected chi connectivity index (χ0v) is 25.9. The standard InChI is InChI=1S/C34H33F4N5O3/c1-19-27(8-7-9-28(19)32(45)42(5)6)31-40-17-29(41-21(3)20(2)39-4)33(46)43(31)18-22-14-24(16-25(15-22)34(36,37)38)30(44)23-10-12-26(35)13-11-23/h7-17,20,39,41H,3,18H2,1-2,4-6H3/t20-/m0/s1. The van der Waals surface area contributed by atoms with Crippen molar-refractivity contribution >= 4 is 17.4 Å². The zero-order valence-electron chi connectivity index (χ0n) is 25.9. The van der Waals surface area contributed by atoms with E-state index in [0.29, 0.717) is 22.4 Å². The second-order valence-corrected chi connectivity index (χ2v) is 11.0. The van der Waals surface area contributed by atoms with Crippen LogP contribution in [-0.2, 0) is 12.7 Å². The number of hydrogen-bond acceptors (Lipinski definition) is 6. The van der Waals surface area contributed by atoms with E-state index in [4.69, 9.17) is 0 Å². The van der Waals surface area contributed by atoms with E-state index in [0.717, 1.165) is 24.3 Å². The van der Waals surface area contributed by atoms with Crippen LogP contribution in [0.2, 0.25) is 0 Å². The van der Waals surface area contributed by atoms with Crippen LogP contribution in [0.4, 0.5) is 23.2 Å². The number of rotatable bonds is 10. The van der Waals surface area contributed by atoms with Gasteiger partial charge < -0.3 is 15.5 Å². The molecule has 46 heavy (non-hydrogen) atoms. The molecule has 1 atom stereocenters. The number of halogens is 4. The van der Waals surface area contributed by atoms with E-state index in [9.17, 15) is 31.9 Å². The van der Waals surface area contributed by atoms with Gasteiger partial charge in [0.1, 0.15) is 17.3 Å². The van der Waals surface area contributed by atoms with Crippen LogP contribution < -0.4 is 16.2 Å². The molecule has 240 valence electrons. The molecule has 1 aromatic heterocycles. The quantitative estimate of drug-likeness (QED) is 0.167. The number of nitrogens with one attached hydrogen (secondary N) is 2. The molecule has 0 aliphatic carbocycles. The van der Waals surface area contributed by atoms with E-state index in [1.165, 1.54) is 33.9 Å². The number of hydrogen-bond donors (Lipinski definition) is 2. The van der Waals surface area contributed by atoms with Gasteiger partial charge >= 0.3 is 6.18 Å². The van der Waals surface area contributed by atoms with E-state index in [1.807, 2.05) is 6.92 Å². The van der Waals surface area contributed by atoms with Crippen LogP contribution in [0.5, 0.6) is 0 Å². The molecule has 0 unspecified atom stereocenters. The Hall–Kier alpha value is -5.10. The predicted molar refractivity (Wildman–Crippen MR) is 168 cm³/mol. The summed E-state index contributed by atoms with van der Waals surface area (Å²) in [6, 6.07) is 12.0. The maximum Gasteiger partial charge on any atom is 0.416 e. The first kappa shape index (κ1) is 33.8. The van der Waals surface area contributed by atoms with Crippen LogP contribution in [0.15, 0.2) is 83.9 Å². The Morgan fingerprint density at radius 1 is 1.04 bits per heavy atom. The van der Waals surface area contributed by atoms with Crippen LogP contribution in [-0.4, -0.2) is 53.3 Å². The smallest absolute Gasteiger partial charge is 0.352 e. The Labute approximate surface area is 263 Å². The SMILES string of the molecule is C=C(Nc1cnc(-c2cccc(C(=O)N(C)C)c2C)n(Cc2cc(C(=O)c3ccc(F)cc3)cc(C(F)(F)F)c2)c1=O)[C@H](C)NC. The van der Waals surface area contributed by atoms with Gasteiger partial charge in [-0.05, 0) is 80.6 Å². The lowest BCUT2D eigenvalue weighted by Gasteiger charge is -2.20. The Kier molecular flexibility index (Phi) is 9.91. The molecule has 0 fully saturated rings. The largest absolute Gasteiger partial charge is 0.416 e. The summed E-state index contributed by atoms with van der Waals surface area (Å²) in [5.74, 6) is -1.55. The van der Waals surface area contributed by atoms with Crippen molar-refractivity contribution in [1.29, 1.82) is 0 Å². The molecule has 4 aromatic rings. The number of benzene rings is 3. The number of alkyl halides is 3. The Balaban J connectivity index is 1.93. The zero-order chi connectivity index (χ0) is 33.9. The van der Waals surface area contributed by atoms with E-state index >= 15 is 0 Å². The van der Waals surface area contributed by atoms with Gasteiger partial charge in [-0.3, -0.25) is 19.0 Å². The van der Waals surface area contributed by atoms with Gasteiger partial charge in [-0.15, -0.1) is 0 Å². The summed E-state index contributed by atoms with van der Waals surface area (Å²) >= 11 is 0. The molecule has 0 bridgehead atoms. The van der Waals surface area contributed by atoms with Gasteiger partial charge in [0.15, 0.2) is 5.78 Å². The molecule has 2 N–H and O–H groups in total. The number of carbonyl (C=O) groups excluding carboxylic acids is 2. The summed E-state index contributed by atoms with van der Waals surface area (Å²) in [5, 5.41) is 5.93. The minimum absolute atomic E-state index is 0.00689. The molecule has 12 heteroatoms. The summed E-state index contributed by atoms with van der Waals surface area (Å²) in [6.07, 6.45) is -3.51. The Morgan fingerprint density at radius 3 is 2.33 bits per heavy atom. The highest BCUT2D eigenvalue weighted by Crippen LogP contribution is 2.32. The topological polar surface area (TPSA) is 96.3 Å². The van der Waals surface area contributed by atoms with Crippen LogP contribution in [0, 0.1) is 12.7 Å². The van der Waals surface area contributed by atoms with Gasteiger partial charge in [0.25, 0.3) is 11.5 Å². The monoisotopic (exact) mass is 635 g/mol. The first-order chi connectivity index (χ1) is 21.6. The maximum atomic E-state index is 14.1. The third-order valence-electron chi connectivity index (χ3n) is 7.54. The number of carbonyl (C=O) groups is 2. The van der Waals surface area contributed by atoms with Crippen molar-refractivity contribution in [3.8, 4) is 11.4 Å². The van der Waals surface area contributed by atoms with E-state index in [2.05, 4.69) is 22.2 Å². The number of nitrogens with zero attached hydrogens (tertiary/aromatic N) is 3. The molecule has 1 heterocycles. The molecule has 0 aliphatic heterocycles. The van der Waals surface area contributed by atoms with Gasteiger partial charge in [0.2, 0.25) is 0 Å². The highest BCUT2D eigenvalue weighted by Gasteiger charge is 2.32. The average molecular weight is 636 g/mol. The molecule has 4 rings (SSSR count). The number of aromatic nitrogens is 2. The summed E-state index contributed by atoms with van der Waals surface area (Å²) < 4.78 is 56.9. The molecule has 8 nitrogen and oxygen atoms in total. The first-order valence-corrected chi connectivity index (χ1v) is 14.2. The molecule has 0 aliphatic rings. The predicted octanol–water partition coefficient (Wildman–Crippen LogP) is 5.89. The lowest BCUT2D eigenvalue weighted by atomic mass is 9.97. The van der Waals surface area contributed by atoms with E-state index < -0.39 is 35.4 Å². The molecular formula is C34H33F4N5O3. The fraction of sp³-hybridized carbons (Fsp3) is 0.235. The molecule has 1 amide bonds. The molecule has 0 saturated heterocycles. The second kappa shape index (κ2) is 13.5. The van der Waals surface area contributed by atoms with E-state index in [-0.39, 0.29) is 40.2 Å². The van der Waals surface area contributed by atoms with Crippen molar-refractivity contribution in [1.82, 2.24) is 19.8 Å². The van der Waals surface area contributed by atoms with Crippen molar-refractivity contribution in [3.05, 3.63) is 129 Å². The van der Waals surface area contributed by atoms with Crippen LogP contribution in [0.3, 0.4) is 0 Å². The molecule has 0 spiro atoms. The summed E-state index contributed by atoms with van der Waals surface area (Å²) in [5.41, 5.74) is -0.297. The minimum atomic E-state index is -4.82. The molecule has 0 radical (unpaired) electrons. The number of anilines is 1. The molecular weight excluding hydrogens is 602 g/mol. The molecule has 0 saturated carbocycles. The van der Waals surface area contributed by atoms with Crippen molar-refractivity contribution in [3.63, 3.8) is 0 Å². The number of amides is 1. The summed E-state index contributed by atoms with van der Waals surface area (Å²) in [6.45, 7) is 7.03. The highest BCUT2D eigenvalue weighted by atomic mass is 19.4. The lowest BCUT2D eigenvalue weighted by Crippen LogP contribution is -2.31.